The third-order valence-electron chi connectivity index (χ3n) is 2.76. The zero-order valence-electron chi connectivity index (χ0n) is 10.4. The lowest BCUT2D eigenvalue weighted by Gasteiger charge is -2.09. The molecule has 112 valence electrons. The molecule has 0 aliphatic heterocycles. The summed E-state index contributed by atoms with van der Waals surface area (Å²) in [6, 6.07) is -0.0608. The van der Waals surface area contributed by atoms with Crippen molar-refractivity contribution < 1.29 is 24.7 Å². The van der Waals surface area contributed by atoms with Crippen LogP contribution < -0.4 is 10.6 Å². The Morgan fingerprint density at radius 2 is 2.00 bits per heavy atom. The van der Waals surface area contributed by atoms with Gasteiger partial charge in [-0.2, -0.15) is 0 Å². The molecule has 0 atom stereocenters. The minimum absolute atomic E-state index is 0.0171. The van der Waals surface area contributed by atoms with Crippen LogP contribution in [0.2, 0.25) is 5.02 Å². The number of hydrogen-bond acceptors (Lipinski definition) is 6. The largest absolute Gasteiger partial charge is 0.504 e. The molecule has 1 aliphatic carbocycles. The van der Waals surface area contributed by atoms with Gasteiger partial charge in [0.1, 0.15) is 5.56 Å². The topological polar surface area (TPSA) is 142 Å². The van der Waals surface area contributed by atoms with Crippen LogP contribution in [-0.2, 0) is 0 Å². The molecule has 0 heterocycles. The van der Waals surface area contributed by atoms with Crippen LogP contribution in [0.25, 0.3) is 0 Å². The number of nitro benzene ring substituents is 1. The molecule has 1 saturated carbocycles. The molecular formula is C11H10ClN3O6. The minimum Gasteiger partial charge on any atom is -0.504 e. The number of nitro groups is 1. The average molecular weight is 316 g/mol. The van der Waals surface area contributed by atoms with Crippen LogP contribution in [0.5, 0.6) is 11.5 Å². The Kier molecular flexibility index (Phi) is 3.85. The SMILES string of the molecule is O=C(NC(=O)c1c(Cl)cc(O)c(O)c1[N+](=O)[O-])NC1CC1. The highest BCUT2D eigenvalue weighted by Gasteiger charge is 2.32. The predicted octanol–water partition coefficient (Wildman–Crippen LogP) is 1.26. The second kappa shape index (κ2) is 5.44. The summed E-state index contributed by atoms with van der Waals surface area (Å²) in [5, 5.41) is 33.6. The van der Waals surface area contributed by atoms with Crippen LogP contribution in [-0.4, -0.2) is 33.1 Å². The Balaban J connectivity index is 2.32. The van der Waals surface area contributed by atoms with E-state index in [1.54, 1.807) is 0 Å². The number of amides is 3. The fourth-order valence-corrected chi connectivity index (χ4v) is 1.90. The first-order valence-electron chi connectivity index (χ1n) is 5.82. The number of carbonyl (C=O) groups excluding carboxylic acids is 2. The number of urea groups is 1. The summed E-state index contributed by atoms with van der Waals surface area (Å²) in [6.45, 7) is 0. The van der Waals surface area contributed by atoms with E-state index in [-0.39, 0.29) is 6.04 Å². The fraction of sp³-hybridized carbons (Fsp3) is 0.273. The Labute approximate surface area is 122 Å². The molecule has 4 N–H and O–H groups in total. The van der Waals surface area contributed by atoms with Gasteiger partial charge in [0.2, 0.25) is 5.75 Å². The van der Waals surface area contributed by atoms with Gasteiger partial charge >= 0.3 is 11.7 Å². The molecule has 0 radical (unpaired) electrons. The number of nitrogens with one attached hydrogen (secondary N) is 2. The number of rotatable bonds is 3. The Morgan fingerprint density at radius 3 is 2.52 bits per heavy atom. The molecule has 1 aromatic rings. The van der Waals surface area contributed by atoms with Gasteiger partial charge in [0, 0.05) is 12.1 Å². The number of imide groups is 1. The maximum Gasteiger partial charge on any atom is 0.328 e. The Hall–Kier alpha value is -2.55. The first-order chi connectivity index (χ1) is 9.81. The molecule has 3 amide bonds. The van der Waals surface area contributed by atoms with Crippen molar-refractivity contribution in [2.75, 3.05) is 0 Å². The maximum atomic E-state index is 11.9. The summed E-state index contributed by atoms with van der Waals surface area (Å²) in [6.07, 6.45) is 1.59. The predicted molar refractivity (Wildman–Crippen MR) is 70.5 cm³/mol. The second-order valence-electron chi connectivity index (χ2n) is 4.41. The molecule has 0 spiro atoms. The molecule has 0 unspecified atom stereocenters. The van der Waals surface area contributed by atoms with Gasteiger partial charge < -0.3 is 15.5 Å². The van der Waals surface area contributed by atoms with E-state index in [1.165, 1.54) is 0 Å². The number of halogens is 1. The van der Waals surface area contributed by atoms with E-state index < -0.39 is 44.6 Å². The van der Waals surface area contributed by atoms with Gasteiger partial charge in [0.05, 0.1) is 9.95 Å². The van der Waals surface area contributed by atoms with Crippen LogP contribution >= 0.6 is 11.6 Å². The van der Waals surface area contributed by atoms with Gasteiger partial charge in [-0.3, -0.25) is 20.2 Å². The van der Waals surface area contributed by atoms with Gasteiger partial charge in [-0.05, 0) is 12.8 Å². The summed E-state index contributed by atoms with van der Waals surface area (Å²) in [7, 11) is 0. The van der Waals surface area contributed by atoms with Crippen molar-refractivity contribution in [2.45, 2.75) is 18.9 Å². The zero-order chi connectivity index (χ0) is 15.7. The molecule has 0 saturated heterocycles. The van der Waals surface area contributed by atoms with E-state index in [0.29, 0.717) is 0 Å². The van der Waals surface area contributed by atoms with Crippen molar-refractivity contribution in [1.82, 2.24) is 10.6 Å². The maximum absolute atomic E-state index is 11.9. The summed E-state index contributed by atoms with van der Waals surface area (Å²) in [5.74, 6) is -3.09. The highest BCUT2D eigenvalue weighted by Crippen LogP contribution is 2.41. The van der Waals surface area contributed by atoms with Gasteiger partial charge in [0.15, 0.2) is 5.75 Å². The van der Waals surface area contributed by atoms with Crippen LogP contribution in [0.4, 0.5) is 10.5 Å². The zero-order valence-corrected chi connectivity index (χ0v) is 11.2. The molecule has 1 fully saturated rings. The first-order valence-corrected chi connectivity index (χ1v) is 6.19. The lowest BCUT2D eigenvalue weighted by Crippen LogP contribution is -2.40. The molecule has 9 nitrogen and oxygen atoms in total. The van der Waals surface area contributed by atoms with Gasteiger partial charge in [-0.25, -0.2) is 4.79 Å². The monoisotopic (exact) mass is 315 g/mol. The minimum atomic E-state index is -1.15. The van der Waals surface area contributed by atoms with Gasteiger partial charge in [-0.15, -0.1) is 0 Å². The number of hydrogen-bond donors (Lipinski definition) is 4. The van der Waals surface area contributed by atoms with Crippen molar-refractivity contribution in [3.05, 3.63) is 26.8 Å². The van der Waals surface area contributed by atoms with E-state index in [0.717, 1.165) is 18.9 Å². The molecule has 1 aromatic carbocycles. The molecule has 21 heavy (non-hydrogen) atoms. The number of nitrogens with zero attached hydrogens (tertiary/aromatic N) is 1. The Bertz CT molecular complexity index is 643. The van der Waals surface area contributed by atoms with Crippen molar-refractivity contribution >= 4 is 29.2 Å². The molecule has 1 aliphatic rings. The standard InChI is InChI=1S/C11H10ClN3O6/c12-5-3-6(16)9(17)8(15(20)21)7(5)10(18)14-11(19)13-4-1-2-4/h3-4,16-17H,1-2H2,(H2,13,14,18,19). The molecule has 10 heteroatoms. The first kappa shape index (κ1) is 14.9. The summed E-state index contributed by atoms with van der Waals surface area (Å²) in [5.41, 5.74) is -1.78. The van der Waals surface area contributed by atoms with Crippen molar-refractivity contribution in [2.24, 2.45) is 0 Å². The van der Waals surface area contributed by atoms with E-state index in [1.807, 2.05) is 5.32 Å². The molecule has 2 rings (SSSR count). The smallest absolute Gasteiger partial charge is 0.328 e. The van der Waals surface area contributed by atoms with Crippen LogP contribution in [0.15, 0.2) is 6.07 Å². The highest BCUT2D eigenvalue weighted by molar-refractivity contribution is 6.35. The van der Waals surface area contributed by atoms with Crippen LogP contribution in [0, 0.1) is 10.1 Å². The van der Waals surface area contributed by atoms with Crippen molar-refractivity contribution in [3.63, 3.8) is 0 Å². The molecular weight excluding hydrogens is 306 g/mol. The quantitative estimate of drug-likeness (QED) is 0.376. The van der Waals surface area contributed by atoms with Crippen LogP contribution in [0.1, 0.15) is 23.2 Å². The number of aromatic hydroxyl groups is 2. The average Bonchev–Trinajstić information content (AvgIpc) is 3.16. The fourth-order valence-electron chi connectivity index (χ4n) is 1.62. The molecule has 0 aromatic heterocycles. The van der Waals surface area contributed by atoms with Gasteiger partial charge in [0.25, 0.3) is 5.91 Å². The van der Waals surface area contributed by atoms with Crippen LogP contribution in [0.3, 0.4) is 0 Å². The number of phenolic OH excluding ortho intramolecular Hbond substituents is 2. The van der Waals surface area contributed by atoms with E-state index in [2.05, 4.69) is 5.32 Å². The highest BCUT2D eigenvalue weighted by atomic mass is 35.5. The van der Waals surface area contributed by atoms with Crippen molar-refractivity contribution in [3.8, 4) is 11.5 Å². The third-order valence-corrected chi connectivity index (χ3v) is 3.05. The summed E-state index contributed by atoms with van der Waals surface area (Å²) < 4.78 is 0. The number of carbonyl (C=O) groups is 2. The van der Waals surface area contributed by atoms with Gasteiger partial charge in [-0.1, -0.05) is 11.6 Å². The second-order valence-corrected chi connectivity index (χ2v) is 4.82. The lowest BCUT2D eigenvalue weighted by molar-refractivity contribution is -0.386. The third kappa shape index (κ3) is 3.14. The Morgan fingerprint density at radius 1 is 1.38 bits per heavy atom. The normalized spacial score (nSPS) is 13.6. The van der Waals surface area contributed by atoms with E-state index in [9.17, 15) is 29.9 Å². The lowest BCUT2D eigenvalue weighted by atomic mass is 10.1. The summed E-state index contributed by atoms with van der Waals surface area (Å²) in [4.78, 5) is 33.2. The van der Waals surface area contributed by atoms with E-state index in [4.69, 9.17) is 11.6 Å². The number of benzene rings is 1. The van der Waals surface area contributed by atoms with E-state index >= 15 is 0 Å². The molecule has 0 bridgehead atoms. The summed E-state index contributed by atoms with van der Waals surface area (Å²) >= 11 is 5.68. The van der Waals surface area contributed by atoms with Crippen molar-refractivity contribution in [1.29, 1.82) is 0 Å². The number of phenols is 2.